The molecule has 2 fully saturated rings. The molecule has 2 aliphatic rings. The molecular weight excluding hydrogens is 466 g/mol. The summed E-state index contributed by atoms with van der Waals surface area (Å²) >= 11 is 0. The minimum Gasteiger partial charge on any atom is -0.493 e. The molecule has 2 aliphatic heterocycles. The van der Waals surface area contributed by atoms with E-state index in [9.17, 15) is 18.0 Å². The van der Waals surface area contributed by atoms with Gasteiger partial charge in [0.1, 0.15) is 4.90 Å². The Kier molecular flexibility index (Phi) is 8.89. The number of carbonyl (C=O) groups excluding carboxylic acids is 2. The zero-order chi connectivity index (χ0) is 24.7. The van der Waals surface area contributed by atoms with E-state index in [0.717, 1.165) is 0 Å². The molecule has 11 nitrogen and oxygen atoms in total. The molecule has 0 N–H and O–H groups in total. The lowest BCUT2D eigenvalue weighted by atomic mass is 10.2. The third-order valence-corrected chi connectivity index (χ3v) is 7.66. The summed E-state index contributed by atoms with van der Waals surface area (Å²) in [6, 6.07) is 3.01. The summed E-state index contributed by atoms with van der Waals surface area (Å²) in [6.45, 7) is 3.80. The molecule has 0 aromatic heterocycles. The van der Waals surface area contributed by atoms with E-state index < -0.39 is 16.0 Å². The second-order valence-electron chi connectivity index (χ2n) is 7.78. The van der Waals surface area contributed by atoms with Crippen molar-refractivity contribution in [3.05, 3.63) is 23.8 Å². The number of amides is 1. The summed E-state index contributed by atoms with van der Waals surface area (Å²) in [5.41, 5.74) is 0.441. The van der Waals surface area contributed by atoms with Crippen LogP contribution >= 0.6 is 0 Å². The van der Waals surface area contributed by atoms with Crippen LogP contribution in [0.2, 0.25) is 0 Å². The minimum atomic E-state index is -3.94. The Labute approximate surface area is 199 Å². The van der Waals surface area contributed by atoms with E-state index >= 15 is 0 Å². The fraction of sp³-hybridized carbons (Fsp3) is 0.545. The molecule has 188 valence electrons. The molecule has 1 aromatic rings. The van der Waals surface area contributed by atoms with E-state index in [0.29, 0.717) is 45.0 Å². The van der Waals surface area contributed by atoms with Crippen LogP contribution in [0.1, 0.15) is 5.56 Å². The van der Waals surface area contributed by atoms with Gasteiger partial charge in [0.2, 0.25) is 15.9 Å². The number of piperazine rings is 1. The van der Waals surface area contributed by atoms with Crippen LogP contribution in [0.4, 0.5) is 0 Å². The van der Waals surface area contributed by atoms with Crippen LogP contribution in [0.5, 0.6) is 11.5 Å². The van der Waals surface area contributed by atoms with Crippen LogP contribution in [0, 0.1) is 0 Å². The minimum absolute atomic E-state index is 0.0242. The maximum Gasteiger partial charge on any atom is 0.330 e. The van der Waals surface area contributed by atoms with Gasteiger partial charge in [0.15, 0.2) is 11.5 Å². The Morgan fingerprint density at radius 2 is 1.68 bits per heavy atom. The average Bonchev–Trinajstić information content (AvgIpc) is 2.87. The third kappa shape index (κ3) is 6.06. The second kappa shape index (κ2) is 11.6. The van der Waals surface area contributed by atoms with Gasteiger partial charge in [0, 0.05) is 45.3 Å². The summed E-state index contributed by atoms with van der Waals surface area (Å²) in [6.07, 6.45) is 2.64. The highest BCUT2D eigenvalue weighted by Crippen LogP contribution is 2.37. The van der Waals surface area contributed by atoms with Crippen molar-refractivity contribution in [1.82, 2.24) is 14.1 Å². The number of sulfonamides is 1. The number of rotatable bonds is 8. The number of morpholine rings is 1. The molecule has 0 unspecified atom stereocenters. The van der Waals surface area contributed by atoms with Crippen molar-refractivity contribution in [3.8, 4) is 11.5 Å². The van der Waals surface area contributed by atoms with Crippen LogP contribution in [0.25, 0.3) is 6.08 Å². The van der Waals surface area contributed by atoms with Crippen LogP contribution in [0.15, 0.2) is 23.1 Å². The molecule has 0 radical (unpaired) electrons. The van der Waals surface area contributed by atoms with E-state index in [-0.39, 0.29) is 41.9 Å². The molecule has 0 spiro atoms. The fourth-order valence-corrected chi connectivity index (χ4v) is 5.47. The maximum atomic E-state index is 13.5. The first-order valence-electron chi connectivity index (χ1n) is 10.9. The molecule has 2 heterocycles. The van der Waals surface area contributed by atoms with E-state index in [4.69, 9.17) is 14.2 Å². The molecule has 0 aliphatic carbocycles. The SMILES string of the molecule is COC(=O)/C=C/c1cc(OC)c(OC)c(S(=O)(=O)N2CCN(CC(=O)N3CCOCC3)CC2)c1. The van der Waals surface area contributed by atoms with Gasteiger partial charge >= 0.3 is 5.97 Å². The molecule has 1 aromatic carbocycles. The number of carbonyl (C=O) groups is 2. The van der Waals surface area contributed by atoms with E-state index in [2.05, 4.69) is 4.74 Å². The van der Waals surface area contributed by atoms with Crippen molar-refractivity contribution in [2.24, 2.45) is 0 Å². The maximum absolute atomic E-state index is 13.5. The average molecular weight is 498 g/mol. The summed E-state index contributed by atoms with van der Waals surface area (Å²) in [4.78, 5) is 27.7. The summed E-state index contributed by atoms with van der Waals surface area (Å²) < 4.78 is 49.0. The molecule has 0 atom stereocenters. The molecule has 3 rings (SSSR count). The van der Waals surface area contributed by atoms with Gasteiger partial charge in [-0.15, -0.1) is 0 Å². The highest BCUT2D eigenvalue weighted by Gasteiger charge is 2.33. The van der Waals surface area contributed by atoms with Crippen LogP contribution in [-0.4, -0.2) is 115 Å². The normalized spacial score (nSPS) is 18.1. The van der Waals surface area contributed by atoms with Gasteiger partial charge in [-0.2, -0.15) is 4.31 Å². The monoisotopic (exact) mass is 497 g/mol. The van der Waals surface area contributed by atoms with Crippen molar-refractivity contribution >= 4 is 28.0 Å². The second-order valence-corrected chi connectivity index (χ2v) is 9.69. The zero-order valence-corrected chi connectivity index (χ0v) is 20.5. The van der Waals surface area contributed by atoms with Crippen molar-refractivity contribution < 1.29 is 37.0 Å². The van der Waals surface area contributed by atoms with Crippen LogP contribution in [-0.2, 0) is 29.1 Å². The number of methoxy groups -OCH3 is 3. The predicted molar refractivity (Wildman–Crippen MR) is 123 cm³/mol. The van der Waals surface area contributed by atoms with Crippen molar-refractivity contribution in [1.29, 1.82) is 0 Å². The quantitative estimate of drug-likeness (QED) is 0.363. The summed E-state index contributed by atoms with van der Waals surface area (Å²) in [5.74, 6) is -0.233. The topological polar surface area (TPSA) is 115 Å². The standard InChI is InChI=1S/C22H31N3O8S/c1-30-18-14-17(4-5-21(27)31-2)15-19(22(18)32-3)34(28,29)25-8-6-23(7-9-25)16-20(26)24-10-12-33-13-11-24/h4-5,14-15H,6-13,16H2,1-3H3/b5-4+. The van der Waals surface area contributed by atoms with E-state index in [1.807, 2.05) is 4.90 Å². The molecular formula is C22H31N3O8S. The largest absolute Gasteiger partial charge is 0.493 e. The molecule has 0 bridgehead atoms. The Morgan fingerprint density at radius 3 is 2.26 bits per heavy atom. The first-order valence-corrected chi connectivity index (χ1v) is 12.3. The van der Waals surface area contributed by atoms with Gasteiger partial charge in [-0.25, -0.2) is 13.2 Å². The number of esters is 1. The Morgan fingerprint density at radius 1 is 1.00 bits per heavy atom. The van der Waals surface area contributed by atoms with Gasteiger partial charge in [0.25, 0.3) is 0 Å². The van der Waals surface area contributed by atoms with Crippen molar-refractivity contribution in [2.75, 3.05) is 80.4 Å². The van der Waals surface area contributed by atoms with Gasteiger partial charge in [-0.1, -0.05) is 0 Å². The smallest absolute Gasteiger partial charge is 0.330 e. The Hall–Kier alpha value is -2.67. The lowest BCUT2D eigenvalue weighted by Crippen LogP contribution is -2.52. The van der Waals surface area contributed by atoms with Crippen LogP contribution < -0.4 is 9.47 Å². The third-order valence-electron chi connectivity index (χ3n) is 5.75. The van der Waals surface area contributed by atoms with E-state index in [1.165, 1.54) is 43.9 Å². The first kappa shape index (κ1) is 25.9. The number of hydrogen-bond donors (Lipinski definition) is 0. The van der Waals surface area contributed by atoms with Gasteiger partial charge < -0.3 is 23.8 Å². The van der Waals surface area contributed by atoms with Crippen molar-refractivity contribution in [2.45, 2.75) is 4.90 Å². The van der Waals surface area contributed by atoms with Gasteiger partial charge in [-0.3, -0.25) is 9.69 Å². The summed E-state index contributed by atoms with van der Waals surface area (Å²) in [5, 5.41) is 0. The molecule has 0 saturated carbocycles. The molecule has 1 amide bonds. The highest BCUT2D eigenvalue weighted by atomic mass is 32.2. The molecule has 2 saturated heterocycles. The van der Waals surface area contributed by atoms with Gasteiger partial charge in [0.05, 0.1) is 41.1 Å². The van der Waals surface area contributed by atoms with E-state index in [1.54, 1.807) is 11.0 Å². The Balaban J connectivity index is 1.75. The lowest BCUT2D eigenvalue weighted by Gasteiger charge is -2.35. The number of nitrogens with zero attached hydrogens (tertiary/aromatic N) is 3. The lowest BCUT2D eigenvalue weighted by molar-refractivity contribution is -0.137. The molecule has 12 heteroatoms. The molecule has 34 heavy (non-hydrogen) atoms. The van der Waals surface area contributed by atoms with Gasteiger partial charge in [-0.05, 0) is 23.8 Å². The first-order chi connectivity index (χ1) is 16.3. The summed E-state index contributed by atoms with van der Waals surface area (Å²) in [7, 11) is 0.0987. The highest BCUT2D eigenvalue weighted by molar-refractivity contribution is 7.89. The predicted octanol–water partition coefficient (Wildman–Crippen LogP) is 0.0551. The zero-order valence-electron chi connectivity index (χ0n) is 19.7. The van der Waals surface area contributed by atoms with Crippen molar-refractivity contribution in [3.63, 3.8) is 0 Å². The number of hydrogen-bond acceptors (Lipinski definition) is 9. The van der Waals surface area contributed by atoms with Crippen LogP contribution in [0.3, 0.4) is 0 Å². The number of ether oxygens (including phenoxy) is 4. The number of benzene rings is 1. The fourth-order valence-electron chi connectivity index (χ4n) is 3.84. The Bertz CT molecular complexity index is 1010.